The van der Waals surface area contributed by atoms with Crippen LogP contribution in [0.5, 0.6) is 5.75 Å². The molecule has 0 heterocycles. The summed E-state index contributed by atoms with van der Waals surface area (Å²) in [5.74, 6) is 1.02. The molecule has 0 radical (unpaired) electrons. The summed E-state index contributed by atoms with van der Waals surface area (Å²) >= 11 is 0. The van der Waals surface area contributed by atoms with Crippen molar-refractivity contribution in [2.24, 2.45) is 0 Å². The maximum atomic E-state index is 5.37. The highest BCUT2D eigenvalue weighted by atomic mass is 16.5. The molecule has 0 spiro atoms. The van der Waals surface area contributed by atoms with E-state index in [-0.39, 0.29) is 0 Å². The van der Waals surface area contributed by atoms with Gasteiger partial charge >= 0.3 is 0 Å². The summed E-state index contributed by atoms with van der Waals surface area (Å²) in [6.07, 6.45) is 1.11. The van der Waals surface area contributed by atoms with E-state index in [0.29, 0.717) is 0 Å². The van der Waals surface area contributed by atoms with Crippen LogP contribution in [0.3, 0.4) is 0 Å². The third-order valence-corrected chi connectivity index (χ3v) is 3.05. The van der Waals surface area contributed by atoms with Crippen LogP contribution in [-0.4, -0.2) is 32.1 Å². The quantitative estimate of drug-likeness (QED) is 0.758. The zero-order valence-electron chi connectivity index (χ0n) is 11.1. The Morgan fingerprint density at radius 1 is 1.19 bits per heavy atom. The Morgan fingerprint density at radius 3 is 2.19 bits per heavy atom. The maximum Gasteiger partial charge on any atom is 0.124 e. The molecule has 0 aliphatic heterocycles. The molecule has 1 aromatic carbocycles. The molecule has 0 aromatic heterocycles. The van der Waals surface area contributed by atoms with Crippen LogP contribution in [0.15, 0.2) is 12.1 Å². The molecule has 0 N–H and O–H groups in total. The number of hydrogen-bond donors (Lipinski definition) is 0. The molecule has 0 aliphatic rings. The fraction of sp³-hybridized carbons (Fsp3) is 0.571. The largest absolute Gasteiger partial charge is 0.496 e. The average Bonchev–Trinajstić information content (AvgIpc) is 2.25. The van der Waals surface area contributed by atoms with Crippen molar-refractivity contribution >= 4 is 0 Å². The summed E-state index contributed by atoms with van der Waals surface area (Å²) in [4.78, 5) is 2.33. The Bertz CT molecular complexity index is 324. The predicted octanol–water partition coefficient (Wildman–Crippen LogP) is 2.81. The zero-order valence-corrected chi connectivity index (χ0v) is 11.1. The Kier molecular flexibility index (Phi) is 4.81. The van der Waals surface area contributed by atoms with E-state index in [1.807, 2.05) is 0 Å². The summed E-state index contributed by atoms with van der Waals surface area (Å²) in [6, 6.07) is 4.46. The topological polar surface area (TPSA) is 12.5 Å². The zero-order chi connectivity index (χ0) is 12.1. The van der Waals surface area contributed by atoms with Gasteiger partial charge < -0.3 is 9.64 Å². The lowest BCUT2D eigenvalue weighted by Crippen LogP contribution is -2.20. The third kappa shape index (κ3) is 3.24. The van der Waals surface area contributed by atoms with Crippen molar-refractivity contribution in [1.82, 2.24) is 4.90 Å². The van der Waals surface area contributed by atoms with Crippen molar-refractivity contribution in [1.29, 1.82) is 0 Å². The first kappa shape index (κ1) is 13.0. The smallest absolute Gasteiger partial charge is 0.124 e. The lowest BCUT2D eigenvalue weighted by atomic mass is 10.0. The molecule has 90 valence electrons. The summed E-state index contributed by atoms with van der Waals surface area (Å²) in [5.41, 5.74) is 3.87. The average molecular weight is 221 g/mol. The normalized spacial score (nSPS) is 10.9. The fourth-order valence-corrected chi connectivity index (χ4v) is 1.98. The SMILES string of the molecule is CCN(C)CCc1cc(C)c(OC)c(C)c1. The summed E-state index contributed by atoms with van der Waals surface area (Å²) in [6.45, 7) is 8.62. The molecule has 2 heteroatoms. The summed E-state index contributed by atoms with van der Waals surface area (Å²) < 4.78 is 5.37. The van der Waals surface area contributed by atoms with Crippen LogP contribution in [0.4, 0.5) is 0 Å². The highest BCUT2D eigenvalue weighted by molar-refractivity contribution is 5.43. The van der Waals surface area contributed by atoms with Crippen molar-refractivity contribution in [3.63, 3.8) is 0 Å². The minimum Gasteiger partial charge on any atom is -0.496 e. The van der Waals surface area contributed by atoms with Crippen LogP contribution in [0.2, 0.25) is 0 Å². The molecule has 1 rings (SSSR count). The number of aryl methyl sites for hydroxylation is 2. The molecule has 0 amide bonds. The van der Waals surface area contributed by atoms with Crippen LogP contribution < -0.4 is 4.74 Å². The number of hydrogen-bond acceptors (Lipinski definition) is 2. The molecule has 0 unspecified atom stereocenters. The van der Waals surface area contributed by atoms with Crippen LogP contribution in [0.1, 0.15) is 23.6 Å². The molecule has 1 aromatic rings. The third-order valence-electron chi connectivity index (χ3n) is 3.05. The summed E-state index contributed by atoms with van der Waals surface area (Å²) in [5, 5.41) is 0. The molecular weight excluding hydrogens is 198 g/mol. The molecule has 0 saturated carbocycles. The van der Waals surface area contributed by atoms with E-state index >= 15 is 0 Å². The van der Waals surface area contributed by atoms with Gasteiger partial charge in [0.25, 0.3) is 0 Å². The Labute approximate surface area is 99.2 Å². The Balaban J connectivity index is 2.76. The first-order chi connectivity index (χ1) is 7.58. The Hall–Kier alpha value is -1.02. The van der Waals surface area contributed by atoms with Crippen molar-refractivity contribution in [2.45, 2.75) is 27.2 Å². The van der Waals surface area contributed by atoms with Crippen LogP contribution >= 0.6 is 0 Å². The second kappa shape index (κ2) is 5.90. The van der Waals surface area contributed by atoms with Gasteiger partial charge in [-0.25, -0.2) is 0 Å². The van der Waals surface area contributed by atoms with Gasteiger partial charge in [0.15, 0.2) is 0 Å². The van der Waals surface area contributed by atoms with E-state index < -0.39 is 0 Å². The van der Waals surface area contributed by atoms with Crippen molar-refractivity contribution in [3.8, 4) is 5.75 Å². The van der Waals surface area contributed by atoms with E-state index in [2.05, 4.69) is 44.9 Å². The molecule has 0 fully saturated rings. The molecule has 0 atom stereocenters. The van der Waals surface area contributed by atoms with Gasteiger partial charge in [0, 0.05) is 6.54 Å². The minimum atomic E-state index is 1.02. The van der Waals surface area contributed by atoms with Gasteiger partial charge in [0.2, 0.25) is 0 Å². The molecule has 0 saturated heterocycles. The van der Waals surface area contributed by atoms with Gasteiger partial charge in [-0.15, -0.1) is 0 Å². The monoisotopic (exact) mass is 221 g/mol. The number of nitrogens with zero attached hydrogens (tertiary/aromatic N) is 1. The van der Waals surface area contributed by atoms with Gasteiger partial charge in [0.05, 0.1) is 7.11 Å². The molecule has 2 nitrogen and oxygen atoms in total. The van der Waals surface area contributed by atoms with E-state index in [0.717, 1.165) is 25.3 Å². The van der Waals surface area contributed by atoms with Gasteiger partial charge in [-0.3, -0.25) is 0 Å². The highest BCUT2D eigenvalue weighted by Gasteiger charge is 2.05. The molecule has 0 bridgehead atoms. The van der Waals surface area contributed by atoms with Crippen LogP contribution in [0, 0.1) is 13.8 Å². The van der Waals surface area contributed by atoms with Crippen molar-refractivity contribution in [3.05, 3.63) is 28.8 Å². The fourth-order valence-electron chi connectivity index (χ4n) is 1.98. The number of likely N-dealkylation sites (N-methyl/N-ethyl adjacent to an activating group) is 1. The van der Waals surface area contributed by atoms with E-state index in [4.69, 9.17) is 4.74 Å². The van der Waals surface area contributed by atoms with E-state index in [1.54, 1.807) is 7.11 Å². The number of rotatable bonds is 5. The molecule has 0 aliphatic carbocycles. The second-order valence-electron chi connectivity index (χ2n) is 4.41. The van der Waals surface area contributed by atoms with E-state index in [9.17, 15) is 0 Å². The lowest BCUT2D eigenvalue weighted by Gasteiger charge is -2.15. The van der Waals surface area contributed by atoms with Gasteiger partial charge in [-0.2, -0.15) is 0 Å². The van der Waals surface area contributed by atoms with Gasteiger partial charge in [0.1, 0.15) is 5.75 Å². The van der Waals surface area contributed by atoms with Crippen molar-refractivity contribution in [2.75, 3.05) is 27.2 Å². The first-order valence-electron chi connectivity index (χ1n) is 5.91. The van der Waals surface area contributed by atoms with E-state index in [1.165, 1.54) is 16.7 Å². The lowest BCUT2D eigenvalue weighted by molar-refractivity contribution is 0.357. The highest BCUT2D eigenvalue weighted by Crippen LogP contribution is 2.24. The van der Waals surface area contributed by atoms with Gasteiger partial charge in [-0.1, -0.05) is 19.1 Å². The van der Waals surface area contributed by atoms with Crippen LogP contribution in [-0.2, 0) is 6.42 Å². The first-order valence-corrected chi connectivity index (χ1v) is 5.91. The maximum absolute atomic E-state index is 5.37. The predicted molar refractivity (Wildman–Crippen MR) is 69.3 cm³/mol. The minimum absolute atomic E-state index is 1.02. The second-order valence-corrected chi connectivity index (χ2v) is 4.41. The number of ether oxygens (including phenoxy) is 1. The summed E-state index contributed by atoms with van der Waals surface area (Å²) in [7, 11) is 3.89. The standard InChI is InChI=1S/C14H23NO/c1-6-15(4)8-7-13-9-11(2)14(16-5)12(3)10-13/h9-10H,6-8H2,1-5H3. The molecule has 16 heavy (non-hydrogen) atoms. The van der Waals surface area contributed by atoms with Gasteiger partial charge in [-0.05, 0) is 50.6 Å². The number of methoxy groups -OCH3 is 1. The Morgan fingerprint density at radius 2 is 1.75 bits per heavy atom. The van der Waals surface area contributed by atoms with Crippen LogP contribution in [0.25, 0.3) is 0 Å². The van der Waals surface area contributed by atoms with Crippen molar-refractivity contribution < 1.29 is 4.74 Å². The number of benzene rings is 1. The molecular formula is C14H23NO.